The molecule has 0 aliphatic heterocycles. The van der Waals surface area contributed by atoms with E-state index in [0.717, 1.165) is 12.0 Å². The summed E-state index contributed by atoms with van der Waals surface area (Å²) in [7, 11) is 0. The Labute approximate surface area is 84.5 Å². The first-order valence-electron chi connectivity index (χ1n) is 4.87. The highest BCUT2D eigenvalue weighted by molar-refractivity contribution is 5.44. The number of nitrogens with two attached hydrogens (primary N) is 1. The second-order valence-electron chi connectivity index (χ2n) is 3.60. The normalized spacial score (nSPS) is 10.6. The molecule has 4 nitrogen and oxygen atoms in total. The zero-order valence-corrected chi connectivity index (χ0v) is 8.95. The molecule has 0 saturated carbocycles. The van der Waals surface area contributed by atoms with E-state index in [1.165, 1.54) is 6.33 Å². The summed E-state index contributed by atoms with van der Waals surface area (Å²) in [5.41, 5.74) is 6.60. The van der Waals surface area contributed by atoms with Crippen LogP contribution in [0.3, 0.4) is 0 Å². The third-order valence-electron chi connectivity index (χ3n) is 1.85. The summed E-state index contributed by atoms with van der Waals surface area (Å²) < 4.78 is 5.54. The molecule has 0 unspecified atom stereocenters. The molecule has 0 bridgehead atoms. The smallest absolute Gasteiger partial charge is 0.221 e. The number of nitrogen functional groups attached to an aromatic ring is 1. The molecule has 0 radical (unpaired) electrons. The summed E-state index contributed by atoms with van der Waals surface area (Å²) in [4.78, 5) is 7.99. The molecule has 0 amide bonds. The third-order valence-corrected chi connectivity index (χ3v) is 1.85. The number of hydrogen-bond donors (Lipinski definition) is 1. The van der Waals surface area contributed by atoms with Gasteiger partial charge in [0.05, 0.1) is 12.2 Å². The summed E-state index contributed by atoms with van der Waals surface area (Å²) in [6.45, 7) is 6.85. The average molecular weight is 195 g/mol. The topological polar surface area (TPSA) is 61.0 Å². The first-order valence-corrected chi connectivity index (χ1v) is 4.87. The average Bonchev–Trinajstić information content (AvgIpc) is 2.14. The van der Waals surface area contributed by atoms with E-state index >= 15 is 0 Å². The Balaban J connectivity index is 2.80. The molecule has 78 valence electrons. The lowest BCUT2D eigenvalue weighted by Gasteiger charge is -2.11. The lowest BCUT2D eigenvalue weighted by atomic mass is 10.2. The molecule has 0 aliphatic rings. The minimum Gasteiger partial charge on any atom is -0.477 e. The lowest BCUT2D eigenvalue weighted by Crippen LogP contribution is -2.09. The molecule has 4 heteroatoms. The Hall–Kier alpha value is -1.32. The third kappa shape index (κ3) is 2.58. The monoisotopic (exact) mass is 195 g/mol. The standard InChI is InChI=1S/C10H17N3O/c1-4-8-9(11)12-6-13-10(8)14-5-7(2)3/h6-7H,4-5H2,1-3H3,(H2,11,12,13). The lowest BCUT2D eigenvalue weighted by molar-refractivity contribution is 0.258. The van der Waals surface area contributed by atoms with Crippen molar-refractivity contribution < 1.29 is 4.74 Å². The molecule has 0 atom stereocenters. The van der Waals surface area contributed by atoms with Crippen molar-refractivity contribution >= 4 is 5.82 Å². The SMILES string of the molecule is CCc1c(N)ncnc1OCC(C)C. The van der Waals surface area contributed by atoms with Crippen LogP contribution in [0.5, 0.6) is 5.88 Å². The highest BCUT2D eigenvalue weighted by Crippen LogP contribution is 2.20. The molecular formula is C10H17N3O. The van der Waals surface area contributed by atoms with Crippen molar-refractivity contribution in [3.05, 3.63) is 11.9 Å². The van der Waals surface area contributed by atoms with E-state index in [1.54, 1.807) is 0 Å². The largest absolute Gasteiger partial charge is 0.477 e. The quantitative estimate of drug-likeness (QED) is 0.793. The van der Waals surface area contributed by atoms with Gasteiger partial charge in [-0.2, -0.15) is 0 Å². The van der Waals surface area contributed by atoms with Gasteiger partial charge < -0.3 is 10.5 Å². The number of nitrogens with zero attached hydrogens (tertiary/aromatic N) is 2. The van der Waals surface area contributed by atoms with Crippen LogP contribution >= 0.6 is 0 Å². The van der Waals surface area contributed by atoms with Crippen molar-refractivity contribution in [1.82, 2.24) is 9.97 Å². The van der Waals surface area contributed by atoms with Crippen LogP contribution in [0.4, 0.5) is 5.82 Å². The molecule has 1 rings (SSSR count). The Bertz CT molecular complexity index is 299. The van der Waals surface area contributed by atoms with E-state index < -0.39 is 0 Å². The summed E-state index contributed by atoms with van der Waals surface area (Å²) in [6.07, 6.45) is 2.23. The van der Waals surface area contributed by atoms with Gasteiger partial charge in [-0.3, -0.25) is 0 Å². The minimum atomic E-state index is 0.482. The first-order chi connectivity index (χ1) is 6.65. The van der Waals surface area contributed by atoms with Gasteiger partial charge in [0.1, 0.15) is 12.1 Å². The van der Waals surface area contributed by atoms with Gasteiger partial charge in [-0.25, -0.2) is 9.97 Å². The number of rotatable bonds is 4. The van der Waals surface area contributed by atoms with Crippen LogP contribution in [0.25, 0.3) is 0 Å². The van der Waals surface area contributed by atoms with E-state index in [2.05, 4.69) is 23.8 Å². The van der Waals surface area contributed by atoms with Crippen LogP contribution in [0.2, 0.25) is 0 Å². The van der Waals surface area contributed by atoms with Gasteiger partial charge in [0.2, 0.25) is 5.88 Å². The first kappa shape index (κ1) is 10.8. The molecule has 0 saturated heterocycles. The van der Waals surface area contributed by atoms with Crippen LogP contribution in [0.15, 0.2) is 6.33 Å². The van der Waals surface area contributed by atoms with Crippen LogP contribution < -0.4 is 10.5 Å². The van der Waals surface area contributed by atoms with Crippen molar-refractivity contribution in [3.63, 3.8) is 0 Å². The van der Waals surface area contributed by atoms with Crippen molar-refractivity contribution in [2.45, 2.75) is 27.2 Å². The summed E-state index contributed by atoms with van der Waals surface area (Å²) >= 11 is 0. The van der Waals surface area contributed by atoms with Gasteiger partial charge >= 0.3 is 0 Å². The summed E-state index contributed by atoms with van der Waals surface area (Å²) in [5.74, 6) is 1.62. The molecule has 0 aromatic carbocycles. The van der Waals surface area contributed by atoms with Gasteiger partial charge in [-0.15, -0.1) is 0 Å². The van der Waals surface area contributed by atoms with E-state index in [1.807, 2.05) is 6.92 Å². The number of aromatic nitrogens is 2. The van der Waals surface area contributed by atoms with Crippen LogP contribution in [-0.4, -0.2) is 16.6 Å². The van der Waals surface area contributed by atoms with Crippen LogP contribution in [0, 0.1) is 5.92 Å². The van der Waals surface area contributed by atoms with E-state index in [9.17, 15) is 0 Å². The molecule has 0 spiro atoms. The highest BCUT2D eigenvalue weighted by atomic mass is 16.5. The molecule has 2 N–H and O–H groups in total. The van der Waals surface area contributed by atoms with Gasteiger partial charge in [0.15, 0.2) is 0 Å². The summed E-state index contributed by atoms with van der Waals surface area (Å²) in [5, 5.41) is 0. The minimum absolute atomic E-state index is 0.482. The second-order valence-corrected chi connectivity index (χ2v) is 3.60. The van der Waals surface area contributed by atoms with Gasteiger partial charge in [0, 0.05) is 0 Å². The zero-order chi connectivity index (χ0) is 10.6. The maximum absolute atomic E-state index is 5.71. The zero-order valence-electron chi connectivity index (χ0n) is 8.95. The molecular weight excluding hydrogens is 178 g/mol. The van der Waals surface area contributed by atoms with Gasteiger partial charge in [-0.05, 0) is 12.3 Å². The second kappa shape index (κ2) is 4.79. The van der Waals surface area contributed by atoms with Crippen LogP contribution in [-0.2, 0) is 6.42 Å². The Morgan fingerprint density at radius 1 is 1.43 bits per heavy atom. The van der Waals surface area contributed by atoms with E-state index in [0.29, 0.717) is 24.2 Å². The summed E-state index contributed by atoms with van der Waals surface area (Å²) in [6, 6.07) is 0. The molecule has 1 heterocycles. The van der Waals surface area contributed by atoms with Crippen molar-refractivity contribution in [3.8, 4) is 5.88 Å². The number of hydrogen-bond acceptors (Lipinski definition) is 4. The van der Waals surface area contributed by atoms with Crippen molar-refractivity contribution in [2.24, 2.45) is 5.92 Å². The van der Waals surface area contributed by atoms with Crippen molar-refractivity contribution in [2.75, 3.05) is 12.3 Å². The highest BCUT2D eigenvalue weighted by Gasteiger charge is 2.08. The Morgan fingerprint density at radius 3 is 2.71 bits per heavy atom. The molecule has 0 aliphatic carbocycles. The predicted octanol–water partition coefficient (Wildman–Crippen LogP) is 1.66. The predicted molar refractivity (Wildman–Crippen MR) is 56.2 cm³/mol. The Morgan fingerprint density at radius 2 is 2.14 bits per heavy atom. The fourth-order valence-electron chi connectivity index (χ4n) is 1.11. The van der Waals surface area contributed by atoms with Crippen LogP contribution in [0.1, 0.15) is 26.3 Å². The van der Waals surface area contributed by atoms with Crippen molar-refractivity contribution in [1.29, 1.82) is 0 Å². The fourth-order valence-corrected chi connectivity index (χ4v) is 1.11. The molecule has 14 heavy (non-hydrogen) atoms. The molecule has 0 fully saturated rings. The Kier molecular flexibility index (Phi) is 3.68. The van der Waals surface area contributed by atoms with Gasteiger partial charge in [-0.1, -0.05) is 20.8 Å². The van der Waals surface area contributed by atoms with Gasteiger partial charge in [0.25, 0.3) is 0 Å². The molecule has 1 aromatic rings. The fraction of sp³-hybridized carbons (Fsp3) is 0.600. The number of anilines is 1. The maximum Gasteiger partial charge on any atom is 0.221 e. The maximum atomic E-state index is 5.71. The van der Waals surface area contributed by atoms with E-state index in [4.69, 9.17) is 10.5 Å². The number of ether oxygens (including phenoxy) is 1. The van der Waals surface area contributed by atoms with E-state index in [-0.39, 0.29) is 0 Å². The molecule has 1 aromatic heterocycles.